The first-order chi connectivity index (χ1) is 15.2. The molecule has 31 heavy (non-hydrogen) atoms. The first-order valence-corrected chi connectivity index (χ1v) is 10.9. The zero-order valence-electron chi connectivity index (χ0n) is 18.2. The summed E-state index contributed by atoms with van der Waals surface area (Å²) in [5.41, 5.74) is 3.88. The predicted molar refractivity (Wildman–Crippen MR) is 121 cm³/mol. The molecule has 1 aliphatic heterocycles. The number of benzene rings is 2. The summed E-state index contributed by atoms with van der Waals surface area (Å²) in [6.07, 6.45) is 1.89. The molecule has 3 aromatic rings. The van der Waals surface area contributed by atoms with Crippen molar-refractivity contribution in [3.8, 4) is 0 Å². The van der Waals surface area contributed by atoms with Crippen molar-refractivity contribution in [3.05, 3.63) is 59.9 Å². The van der Waals surface area contributed by atoms with Crippen molar-refractivity contribution in [3.63, 3.8) is 0 Å². The number of carbonyl (C=O) groups excluding carboxylic acids is 1. The fourth-order valence-corrected chi connectivity index (χ4v) is 4.23. The van der Waals surface area contributed by atoms with Crippen LogP contribution in [0.3, 0.4) is 0 Å². The minimum atomic E-state index is -0.0883. The van der Waals surface area contributed by atoms with Crippen LogP contribution in [0.15, 0.2) is 48.5 Å². The van der Waals surface area contributed by atoms with Gasteiger partial charge in [-0.25, -0.2) is 9.78 Å². The number of aromatic nitrogens is 2. The number of imidazole rings is 1. The Balaban J connectivity index is 1.48. The third kappa shape index (κ3) is 4.73. The average molecular weight is 423 g/mol. The van der Waals surface area contributed by atoms with E-state index in [2.05, 4.69) is 22.9 Å². The van der Waals surface area contributed by atoms with Crippen molar-refractivity contribution < 1.29 is 14.3 Å². The fraction of sp³-hybridized carbons (Fsp3) is 0.417. The third-order valence-corrected chi connectivity index (χ3v) is 5.69. The molecule has 1 saturated heterocycles. The lowest BCUT2D eigenvalue weighted by Gasteiger charge is -2.25. The molecular weight excluding hydrogens is 392 g/mol. The highest BCUT2D eigenvalue weighted by atomic mass is 16.5. The second-order valence-corrected chi connectivity index (χ2v) is 7.73. The number of methoxy groups -OCH3 is 1. The van der Waals surface area contributed by atoms with Crippen molar-refractivity contribution in [1.29, 1.82) is 0 Å². The summed E-state index contributed by atoms with van der Waals surface area (Å²) >= 11 is 0. The van der Waals surface area contributed by atoms with Crippen LogP contribution < -0.4 is 5.32 Å². The molecule has 1 aromatic heterocycles. The standard InChI is InChI=1S/C24H30N4O3/c1-3-27-21-11-5-4-10-20(21)26-23(27)22-12-7-13-28(22)24(29)25-19-9-6-8-18(16-19)17-31-15-14-30-2/h4-6,8-11,16,22H,3,7,12-15,17H2,1-2H3,(H,25,29). The van der Waals surface area contributed by atoms with Gasteiger partial charge in [0.1, 0.15) is 5.82 Å². The van der Waals surface area contributed by atoms with Crippen molar-refractivity contribution in [2.45, 2.75) is 39.0 Å². The van der Waals surface area contributed by atoms with E-state index in [9.17, 15) is 4.79 Å². The Morgan fingerprint density at radius 3 is 2.90 bits per heavy atom. The molecular formula is C24H30N4O3. The minimum absolute atomic E-state index is 0.0205. The Labute approximate surface area is 183 Å². The highest BCUT2D eigenvalue weighted by Gasteiger charge is 2.33. The lowest BCUT2D eigenvalue weighted by molar-refractivity contribution is 0.0617. The van der Waals surface area contributed by atoms with Crippen LogP contribution >= 0.6 is 0 Å². The largest absolute Gasteiger partial charge is 0.382 e. The minimum Gasteiger partial charge on any atom is -0.382 e. The lowest BCUT2D eigenvalue weighted by Crippen LogP contribution is -2.35. The van der Waals surface area contributed by atoms with Gasteiger partial charge in [-0.2, -0.15) is 0 Å². The molecule has 1 fully saturated rings. The lowest BCUT2D eigenvalue weighted by atomic mass is 10.2. The summed E-state index contributed by atoms with van der Waals surface area (Å²) in [7, 11) is 1.65. The number of likely N-dealkylation sites (tertiary alicyclic amines) is 1. The highest BCUT2D eigenvalue weighted by Crippen LogP contribution is 2.34. The van der Waals surface area contributed by atoms with E-state index in [1.165, 1.54) is 0 Å². The molecule has 0 saturated carbocycles. The number of carbonyl (C=O) groups is 1. The van der Waals surface area contributed by atoms with Gasteiger partial charge in [0, 0.05) is 25.9 Å². The Morgan fingerprint density at radius 1 is 1.19 bits per heavy atom. The molecule has 164 valence electrons. The van der Waals surface area contributed by atoms with E-state index in [-0.39, 0.29) is 12.1 Å². The number of ether oxygens (including phenoxy) is 2. The van der Waals surface area contributed by atoms with Gasteiger partial charge >= 0.3 is 6.03 Å². The zero-order chi connectivity index (χ0) is 21.6. The van der Waals surface area contributed by atoms with E-state index < -0.39 is 0 Å². The highest BCUT2D eigenvalue weighted by molar-refractivity contribution is 5.90. The van der Waals surface area contributed by atoms with Gasteiger partial charge in [-0.3, -0.25) is 0 Å². The smallest absolute Gasteiger partial charge is 0.322 e. The summed E-state index contributed by atoms with van der Waals surface area (Å²) in [6, 6.07) is 15.8. The Hall–Kier alpha value is -2.90. The van der Waals surface area contributed by atoms with E-state index in [1.54, 1.807) is 7.11 Å². The first-order valence-electron chi connectivity index (χ1n) is 10.9. The number of hydrogen-bond donors (Lipinski definition) is 1. The van der Waals surface area contributed by atoms with Crippen molar-refractivity contribution in [1.82, 2.24) is 14.5 Å². The van der Waals surface area contributed by atoms with Crippen molar-refractivity contribution in [2.75, 3.05) is 32.2 Å². The predicted octanol–water partition coefficient (Wildman–Crippen LogP) is 4.59. The number of para-hydroxylation sites is 2. The number of anilines is 1. The summed E-state index contributed by atoms with van der Waals surface area (Å²) in [6.45, 7) is 5.27. The van der Waals surface area contributed by atoms with Crippen LogP contribution in [0, 0.1) is 0 Å². The van der Waals surface area contributed by atoms with E-state index in [4.69, 9.17) is 14.5 Å². The van der Waals surface area contributed by atoms with E-state index >= 15 is 0 Å². The molecule has 0 aliphatic carbocycles. The monoisotopic (exact) mass is 422 g/mol. The second kappa shape index (κ2) is 9.94. The summed E-state index contributed by atoms with van der Waals surface area (Å²) < 4.78 is 12.8. The average Bonchev–Trinajstić information content (AvgIpc) is 3.41. The summed E-state index contributed by atoms with van der Waals surface area (Å²) in [4.78, 5) is 19.9. The van der Waals surface area contributed by atoms with Crippen LogP contribution in [-0.2, 0) is 22.6 Å². The SMILES string of the molecule is CCn1c(C2CCCN2C(=O)Nc2cccc(COCCOC)c2)nc2ccccc21. The van der Waals surface area contributed by atoms with Gasteiger partial charge in [0.25, 0.3) is 0 Å². The number of fused-ring (bicyclic) bond motifs is 1. The van der Waals surface area contributed by atoms with Crippen LogP contribution in [0.1, 0.15) is 37.2 Å². The van der Waals surface area contributed by atoms with Crippen molar-refractivity contribution in [2.24, 2.45) is 0 Å². The molecule has 1 N–H and O–H groups in total. The first kappa shape index (κ1) is 21.3. The molecule has 1 atom stereocenters. The van der Waals surface area contributed by atoms with Gasteiger partial charge < -0.3 is 24.3 Å². The van der Waals surface area contributed by atoms with Crippen molar-refractivity contribution >= 4 is 22.8 Å². The molecule has 2 heterocycles. The number of aryl methyl sites for hydroxylation is 1. The van der Waals surface area contributed by atoms with E-state index in [0.29, 0.717) is 19.8 Å². The van der Waals surface area contributed by atoms with Gasteiger partial charge in [-0.15, -0.1) is 0 Å². The van der Waals surface area contributed by atoms with Gasteiger partial charge in [0.2, 0.25) is 0 Å². The topological polar surface area (TPSA) is 68.6 Å². The maximum absolute atomic E-state index is 13.2. The van der Waals surface area contributed by atoms with Gasteiger partial charge in [-0.05, 0) is 49.6 Å². The molecule has 0 spiro atoms. The molecule has 0 radical (unpaired) electrons. The molecule has 2 amide bonds. The molecule has 7 heteroatoms. The molecule has 7 nitrogen and oxygen atoms in total. The fourth-order valence-electron chi connectivity index (χ4n) is 4.23. The second-order valence-electron chi connectivity index (χ2n) is 7.73. The molecule has 4 rings (SSSR count). The van der Waals surface area contributed by atoms with Gasteiger partial charge in [-0.1, -0.05) is 24.3 Å². The molecule has 2 aromatic carbocycles. The Morgan fingerprint density at radius 2 is 2.06 bits per heavy atom. The van der Waals surface area contributed by atoms with E-state index in [0.717, 1.165) is 54.0 Å². The number of rotatable bonds is 8. The normalized spacial score (nSPS) is 16.2. The number of amides is 2. The van der Waals surface area contributed by atoms with E-state index in [1.807, 2.05) is 47.4 Å². The Kier molecular flexibility index (Phi) is 6.84. The number of nitrogens with one attached hydrogen (secondary N) is 1. The number of nitrogens with zero attached hydrogens (tertiary/aromatic N) is 3. The summed E-state index contributed by atoms with van der Waals surface area (Å²) in [5.74, 6) is 0.969. The maximum atomic E-state index is 13.2. The molecule has 0 bridgehead atoms. The van der Waals surface area contributed by atoms with Gasteiger partial charge in [0.15, 0.2) is 0 Å². The quantitative estimate of drug-likeness (QED) is 0.539. The molecule has 1 unspecified atom stereocenters. The van der Waals surface area contributed by atoms with Gasteiger partial charge in [0.05, 0.1) is 36.9 Å². The summed E-state index contributed by atoms with van der Waals surface area (Å²) in [5, 5.41) is 3.07. The van der Waals surface area contributed by atoms with Crippen LogP contribution in [0.5, 0.6) is 0 Å². The number of urea groups is 1. The third-order valence-electron chi connectivity index (χ3n) is 5.69. The maximum Gasteiger partial charge on any atom is 0.322 e. The number of hydrogen-bond acceptors (Lipinski definition) is 4. The van der Waals surface area contributed by atoms with Crippen LogP contribution in [0.25, 0.3) is 11.0 Å². The molecule has 1 aliphatic rings. The van der Waals surface area contributed by atoms with Crippen LogP contribution in [0.4, 0.5) is 10.5 Å². The zero-order valence-corrected chi connectivity index (χ0v) is 18.2. The Bertz CT molecular complexity index is 1030. The van der Waals surface area contributed by atoms with Crippen LogP contribution in [0.2, 0.25) is 0 Å². The van der Waals surface area contributed by atoms with Crippen LogP contribution in [-0.4, -0.2) is 47.4 Å².